The molecule has 0 aliphatic carbocycles. The van der Waals surface area contributed by atoms with Gasteiger partial charge in [-0.05, 0) is 24.6 Å². The van der Waals surface area contributed by atoms with Gasteiger partial charge in [0.25, 0.3) is 0 Å². The van der Waals surface area contributed by atoms with E-state index in [-0.39, 0.29) is 0 Å². The summed E-state index contributed by atoms with van der Waals surface area (Å²) in [7, 11) is 0. The van der Waals surface area contributed by atoms with Crippen molar-refractivity contribution >= 4 is 17.3 Å². The van der Waals surface area contributed by atoms with Crippen LogP contribution in [0.5, 0.6) is 0 Å². The molecule has 2 heterocycles. The number of nitriles is 1. The molecular formula is C17H15N3S. The Hall–Kier alpha value is -2.25. The maximum absolute atomic E-state index is 8.86. The molecule has 4 heteroatoms. The molecule has 0 fully saturated rings. The largest absolute Gasteiger partial charge is 0.316 e. The SMILES string of the molecule is Cc1cccc(CSc2nccn3c(CC#N)ccc23)c1. The minimum atomic E-state index is 0.417. The highest BCUT2D eigenvalue weighted by Crippen LogP contribution is 2.26. The molecule has 0 atom stereocenters. The Morgan fingerprint density at radius 1 is 1.29 bits per heavy atom. The van der Waals surface area contributed by atoms with Crippen molar-refractivity contribution in [1.29, 1.82) is 5.26 Å². The van der Waals surface area contributed by atoms with E-state index in [9.17, 15) is 0 Å². The fourth-order valence-electron chi connectivity index (χ4n) is 2.36. The van der Waals surface area contributed by atoms with Crippen molar-refractivity contribution in [3.05, 3.63) is 65.6 Å². The van der Waals surface area contributed by atoms with Gasteiger partial charge < -0.3 is 4.40 Å². The van der Waals surface area contributed by atoms with E-state index >= 15 is 0 Å². The lowest BCUT2D eigenvalue weighted by Crippen LogP contribution is -1.94. The average molecular weight is 293 g/mol. The zero-order valence-corrected chi connectivity index (χ0v) is 12.6. The number of benzene rings is 1. The zero-order chi connectivity index (χ0) is 14.7. The first-order valence-corrected chi connectivity index (χ1v) is 7.77. The number of nitrogens with zero attached hydrogens (tertiary/aromatic N) is 3. The fourth-order valence-corrected chi connectivity index (χ4v) is 3.30. The number of thioether (sulfide) groups is 1. The number of aromatic nitrogens is 2. The van der Waals surface area contributed by atoms with Crippen molar-refractivity contribution in [2.45, 2.75) is 24.1 Å². The predicted molar refractivity (Wildman–Crippen MR) is 85.2 cm³/mol. The van der Waals surface area contributed by atoms with Crippen LogP contribution in [0.25, 0.3) is 5.52 Å². The van der Waals surface area contributed by atoms with Gasteiger partial charge in [-0.2, -0.15) is 5.26 Å². The molecule has 21 heavy (non-hydrogen) atoms. The van der Waals surface area contributed by atoms with Crippen LogP contribution in [0, 0.1) is 18.3 Å². The van der Waals surface area contributed by atoms with Gasteiger partial charge in [0.05, 0.1) is 18.0 Å². The second-order valence-electron chi connectivity index (χ2n) is 4.92. The summed E-state index contributed by atoms with van der Waals surface area (Å²) in [5.41, 5.74) is 4.65. The standard InChI is InChI=1S/C17H15N3S/c1-13-3-2-4-14(11-13)12-21-17-16-6-5-15(7-8-18)20(16)10-9-19-17/h2-6,9-11H,7,12H2,1H3. The molecule has 0 saturated heterocycles. The smallest absolute Gasteiger partial charge is 0.120 e. The number of rotatable bonds is 4. The third-order valence-corrected chi connectivity index (χ3v) is 4.41. The van der Waals surface area contributed by atoms with Gasteiger partial charge in [-0.3, -0.25) is 0 Å². The Morgan fingerprint density at radius 2 is 2.19 bits per heavy atom. The first-order valence-electron chi connectivity index (χ1n) is 6.78. The van der Waals surface area contributed by atoms with Crippen molar-refractivity contribution in [2.75, 3.05) is 0 Å². The Labute approximate surface area is 128 Å². The van der Waals surface area contributed by atoms with E-state index in [0.717, 1.165) is 22.0 Å². The highest BCUT2D eigenvalue weighted by molar-refractivity contribution is 7.98. The van der Waals surface area contributed by atoms with Gasteiger partial charge >= 0.3 is 0 Å². The van der Waals surface area contributed by atoms with Crippen molar-refractivity contribution in [2.24, 2.45) is 0 Å². The quantitative estimate of drug-likeness (QED) is 0.683. The molecule has 0 saturated carbocycles. The topological polar surface area (TPSA) is 41.1 Å². The number of aryl methyl sites for hydroxylation is 1. The van der Waals surface area contributed by atoms with Crippen LogP contribution in [0.4, 0.5) is 0 Å². The molecule has 0 spiro atoms. The summed E-state index contributed by atoms with van der Waals surface area (Å²) in [5.74, 6) is 0.896. The van der Waals surface area contributed by atoms with Gasteiger partial charge in [0, 0.05) is 23.8 Å². The van der Waals surface area contributed by atoms with Crippen LogP contribution in [-0.2, 0) is 12.2 Å². The second kappa shape index (κ2) is 6.02. The minimum absolute atomic E-state index is 0.417. The van der Waals surface area contributed by atoms with Gasteiger partial charge in [-0.25, -0.2) is 4.98 Å². The van der Waals surface area contributed by atoms with E-state index < -0.39 is 0 Å². The summed E-state index contributed by atoms with van der Waals surface area (Å²) in [4.78, 5) is 4.48. The molecule has 104 valence electrons. The molecule has 3 rings (SSSR count). The zero-order valence-electron chi connectivity index (χ0n) is 11.8. The van der Waals surface area contributed by atoms with Gasteiger partial charge in [-0.15, -0.1) is 0 Å². The second-order valence-corrected chi connectivity index (χ2v) is 5.89. The minimum Gasteiger partial charge on any atom is -0.316 e. The third-order valence-electron chi connectivity index (χ3n) is 3.35. The predicted octanol–water partition coefficient (Wildman–Crippen LogP) is 4.00. The molecule has 0 aliphatic rings. The number of fused-ring (bicyclic) bond motifs is 1. The molecule has 0 unspecified atom stereocenters. The van der Waals surface area contributed by atoms with E-state index in [4.69, 9.17) is 5.26 Å². The summed E-state index contributed by atoms with van der Waals surface area (Å²) in [6.45, 7) is 2.11. The van der Waals surface area contributed by atoms with Gasteiger partial charge in [0.2, 0.25) is 0 Å². The van der Waals surface area contributed by atoms with E-state index in [0.29, 0.717) is 6.42 Å². The van der Waals surface area contributed by atoms with Crippen LogP contribution in [0.1, 0.15) is 16.8 Å². The number of hydrogen-bond donors (Lipinski definition) is 0. The Balaban J connectivity index is 1.86. The average Bonchev–Trinajstić information content (AvgIpc) is 2.90. The van der Waals surface area contributed by atoms with Gasteiger partial charge in [-0.1, -0.05) is 41.6 Å². The van der Waals surface area contributed by atoms with Crippen molar-refractivity contribution in [3.63, 3.8) is 0 Å². The molecule has 2 aromatic heterocycles. The molecule has 1 aromatic carbocycles. The van der Waals surface area contributed by atoms with Crippen LogP contribution in [-0.4, -0.2) is 9.38 Å². The summed E-state index contributed by atoms with van der Waals surface area (Å²) in [6.07, 6.45) is 4.13. The highest BCUT2D eigenvalue weighted by atomic mass is 32.2. The maximum Gasteiger partial charge on any atom is 0.120 e. The summed E-state index contributed by atoms with van der Waals surface area (Å²) in [6, 6.07) is 14.8. The lowest BCUT2D eigenvalue weighted by Gasteiger charge is -2.05. The summed E-state index contributed by atoms with van der Waals surface area (Å²) >= 11 is 1.73. The van der Waals surface area contributed by atoms with E-state index in [2.05, 4.69) is 46.6 Å². The Kier molecular flexibility index (Phi) is 3.94. The number of hydrogen-bond acceptors (Lipinski definition) is 3. The first-order chi connectivity index (χ1) is 10.3. The molecule has 3 nitrogen and oxygen atoms in total. The van der Waals surface area contributed by atoms with E-state index in [1.54, 1.807) is 18.0 Å². The Bertz CT molecular complexity index is 814. The lowest BCUT2D eigenvalue weighted by atomic mass is 10.2. The molecule has 0 amide bonds. The highest BCUT2D eigenvalue weighted by Gasteiger charge is 2.07. The monoisotopic (exact) mass is 293 g/mol. The van der Waals surface area contributed by atoms with Crippen LogP contribution in [0.15, 0.2) is 53.8 Å². The van der Waals surface area contributed by atoms with E-state index in [1.165, 1.54) is 11.1 Å². The van der Waals surface area contributed by atoms with Crippen LogP contribution in [0.2, 0.25) is 0 Å². The third kappa shape index (κ3) is 2.93. The molecule has 0 aliphatic heterocycles. The maximum atomic E-state index is 8.86. The van der Waals surface area contributed by atoms with Crippen molar-refractivity contribution in [3.8, 4) is 6.07 Å². The van der Waals surface area contributed by atoms with Crippen molar-refractivity contribution in [1.82, 2.24) is 9.38 Å². The van der Waals surface area contributed by atoms with Crippen LogP contribution < -0.4 is 0 Å². The molecule has 3 aromatic rings. The molecule has 0 radical (unpaired) electrons. The van der Waals surface area contributed by atoms with Gasteiger partial charge in [0.15, 0.2) is 0 Å². The van der Waals surface area contributed by atoms with Gasteiger partial charge in [0.1, 0.15) is 5.03 Å². The van der Waals surface area contributed by atoms with E-state index in [1.807, 2.05) is 18.3 Å². The van der Waals surface area contributed by atoms with Crippen molar-refractivity contribution < 1.29 is 0 Å². The molecule has 0 N–H and O–H groups in total. The van der Waals surface area contributed by atoms with Crippen LogP contribution in [0.3, 0.4) is 0 Å². The lowest BCUT2D eigenvalue weighted by molar-refractivity contribution is 0.991. The fraction of sp³-hybridized carbons (Fsp3) is 0.176. The Morgan fingerprint density at radius 3 is 3.00 bits per heavy atom. The van der Waals surface area contributed by atoms with Crippen LogP contribution >= 0.6 is 11.8 Å². The summed E-state index contributed by atoms with van der Waals surface area (Å²) in [5, 5.41) is 9.86. The first kappa shape index (κ1) is 13.7. The molecule has 0 bridgehead atoms. The normalized spacial score (nSPS) is 10.7. The summed E-state index contributed by atoms with van der Waals surface area (Å²) < 4.78 is 2.05. The molecular weight excluding hydrogens is 278 g/mol.